The van der Waals surface area contributed by atoms with Crippen LogP contribution in [0, 0.1) is 18.2 Å². The summed E-state index contributed by atoms with van der Waals surface area (Å²) in [6, 6.07) is 1.83. The second kappa shape index (κ2) is 6.11. The van der Waals surface area contributed by atoms with E-state index >= 15 is 0 Å². The molecule has 0 fully saturated rings. The van der Waals surface area contributed by atoms with Crippen molar-refractivity contribution in [3.63, 3.8) is 0 Å². The second-order valence-corrected chi connectivity index (χ2v) is 7.72. The van der Waals surface area contributed by atoms with Gasteiger partial charge in [0.1, 0.15) is 5.82 Å². The third-order valence-electron chi connectivity index (χ3n) is 3.04. The van der Waals surface area contributed by atoms with Gasteiger partial charge in [-0.25, -0.2) is 17.9 Å². The number of amides is 1. The van der Waals surface area contributed by atoms with Gasteiger partial charge >= 0.3 is 0 Å². The van der Waals surface area contributed by atoms with Crippen molar-refractivity contribution in [2.24, 2.45) is 10.6 Å². The summed E-state index contributed by atoms with van der Waals surface area (Å²) < 4.78 is 36.3. The molecule has 0 bridgehead atoms. The number of benzene rings is 1. The van der Waals surface area contributed by atoms with Crippen molar-refractivity contribution in [1.29, 1.82) is 0 Å². The number of primary sulfonamides is 1. The van der Waals surface area contributed by atoms with Crippen LogP contribution in [0.1, 0.15) is 43.1 Å². The second-order valence-electron chi connectivity index (χ2n) is 6.19. The maximum atomic E-state index is 13.5. The first kappa shape index (κ1) is 17.6. The average Bonchev–Trinajstić information content (AvgIpc) is 2.28. The number of nitrogens with two attached hydrogens (primary N) is 1. The van der Waals surface area contributed by atoms with Crippen LogP contribution in [0.15, 0.2) is 17.0 Å². The Kier molecular flexibility index (Phi) is 5.11. The summed E-state index contributed by atoms with van der Waals surface area (Å²) in [7, 11) is -4.08. The van der Waals surface area contributed by atoms with E-state index in [4.69, 9.17) is 5.14 Å². The van der Waals surface area contributed by atoms with Crippen LogP contribution >= 0.6 is 0 Å². The van der Waals surface area contributed by atoms with Crippen molar-refractivity contribution in [1.82, 2.24) is 5.32 Å². The minimum Gasteiger partial charge on any atom is -0.352 e. The number of nitrogens with one attached hydrogen (secondary N) is 1. The van der Waals surface area contributed by atoms with Crippen LogP contribution in [-0.2, 0) is 10.0 Å². The molecule has 3 N–H and O–H groups in total. The van der Waals surface area contributed by atoms with Crippen molar-refractivity contribution < 1.29 is 17.6 Å². The van der Waals surface area contributed by atoms with E-state index in [-0.39, 0.29) is 21.4 Å². The fourth-order valence-electron chi connectivity index (χ4n) is 1.83. The Hall–Kier alpha value is -1.47. The molecule has 0 unspecified atom stereocenters. The molecule has 1 aromatic carbocycles. The zero-order valence-electron chi connectivity index (χ0n) is 12.7. The summed E-state index contributed by atoms with van der Waals surface area (Å²) in [5, 5.41) is 7.69. The Labute approximate surface area is 124 Å². The normalized spacial score (nSPS) is 12.3. The lowest BCUT2D eigenvalue weighted by molar-refractivity contribution is 0.0948. The summed E-state index contributed by atoms with van der Waals surface area (Å²) in [6.07, 6.45) is 0.745. The summed E-state index contributed by atoms with van der Waals surface area (Å²) >= 11 is 0. The van der Waals surface area contributed by atoms with Crippen molar-refractivity contribution in [2.45, 2.75) is 39.0 Å². The lowest BCUT2D eigenvalue weighted by atomic mass is 9.92. The highest BCUT2D eigenvalue weighted by Crippen LogP contribution is 2.21. The molecule has 0 aromatic heterocycles. The summed E-state index contributed by atoms with van der Waals surface area (Å²) in [5.41, 5.74) is 0.177. The van der Waals surface area contributed by atoms with Gasteiger partial charge in [0.15, 0.2) is 0 Å². The number of carbonyl (C=O) groups excluding carboxylic acids is 1. The molecule has 5 nitrogen and oxygen atoms in total. The quantitative estimate of drug-likeness (QED) is 0.889. The van der Waals surface area contributed by atoms with Crippen LogP contribution in [0.4, 0.5) is 4.39 Å². The third-order valence-corrected chi connectivity index (χ3v) is 4.07. The molecule has 0 spiro atoms. The van der Waals surface area contributed by atoms with Gasteiger partial charge in [0.25, 0.3) is 5.91 Å². The number of hydrogen-bond acceptors (Lipinski definition) is 3. The Morgan fingerprint density at radius 1 is 1.33 bits per heavy atom. The standard InChI is InChI=1S/C14H21FN2O3S/c1-9-11(13(18)17-6-5-14(2,3)4)7-10(15)8-12(9)21(16,19)20/h7-8H,5-6H2,1-4H3,(H,17,18)(H2,16,19,20). The Morgan fingerprint density at radius 3 is 2.38 bits per heavy atom. The number of hydrogen-bond donors (Lipinski definition) is 2. The molecule has 0 aliphatic heterocycles. The van der Waals surface area contributed by atoms with Gasteiger partial charge in [0.2, 0.25) is 10.0 Å². The first-order valence-corrected chi connectivity index (χ1v) is 8.07. The lowest BCUT2D eigenvalue weighted by Gasteiger charge is -2.18. The predicted octanol–water partition coefficient (Wildman–Crippen LogP) is 1.95. The van der Waals surface area contributed by atoms with Gasteiger partial charge in [-0.2, -0.15) is 0 Å². The highest BCUT2D eigenvalue weighted by atomic mass is 32.2. The fourth-order valence-corrected chi connectivity index (χ4v) is 2.65. The third kappa shape index (κ3) is 5.09. The van der Waals surface area contributed by atoms with Crippen LogP contribution in [0.5, 0.6) is 0 Å². The van der Waals surface area contributed by atoms with E-state index < -0.39 is 21.7 Å². The first-order chi connectivity index (χ1) is 9.42. The molecule has 1 rings (SSSR count). The first-order valence-electron chi connectivity index (χ1n) is 6.53. The van der Waals surface area contributed by atoms with Gasteiger partial charge in [0.05, 0.1) is 4.90 Å². The molecular weight excluding hydrogens is 295 g/mol. The molecular formula is C14H21FN2O3S. The number of sulfonamides is 1. The van der Waals surface area contributed by atoms with Gasteiger partial charge in [-0.05, 0) is 36.5 Å². The molecule has 0 aliphatic rings. The largest absolute Gasteiger partial charge is 0.352 e. The van der Waals surface area contributed by atoms with Crippen molar-refractivity contribution >= 4 is 15.9 Å². The van der Waals surface area contributed by atoms with E-state index in [1.807, 2.05) is 20.8 Å². The molecule has 0 heterocycles. The smallest absolute Gasteiger partial charge is 0.251 e. The summed E-state index contributed by atoms with van der Waals surface area (Å²) in [5.74, 6) is -1.33. The highest BCUT2D eigenvalue weighted by Gasteiger charge is 2.20. The van der Waals surface area contributed by atoms with E-state index in [2.05, 4.69) is 5.32 Å². The average molecular weight is 316 g/mol. The maximum absolute atomic E-state index is 13.5. The van der Waals surface area contributed by atoms with Gasteiger partial charge in [0, 0.05) is 12.1 Å². The van der Waals surface area contributed by atoms with Gasteiger partial charge in [-0.3, -0.25) is 4.79 Å². The van der Waals surface area contributed by atoms with Crippen LogP contribution in [0.2, 0.25) is 0 Å². The Bertz CT molecular complexity index is 649. The topological polar surface area (TPSA) is 89.3 Å². The zero-order chi connectivity index (χ0) is 16.4. The molecule has 0 radical (unpaired) electrons. The van der Waals surface area contributed by atoms with E-state index in [9.17, 15) is 17.6 Å². The predicted molar refractivity (Wildman–Crippen MR) is 78.9 cm³/mol. The molecule has 0 atom stereocenters. The maximum Gasteiger partial charge on any atom is 0.251 e. The van der Waals surface area contributed by atoms with E-state index in [1.54, 1.807) is 0 Å². The number of carbonyl (C=O) groups is 1. The van der Waals surface area contributed by atoms with Crippen LogP contribution in [0.25, 0.3) is 0 Å². The monoisotopic (exact) mass is 316 g/mol. The summed E-state index contributed by atoms with van der Waals surface area (Å²) in [6.45, 7) is 7.95. The van der Waals surface area contributed by atoms with Crippen molar-refractivity contribution in [3.8, 4) is 0 Å². The van der Waals surface area contributed by atoms with Gasteiger partial charge < -0.3 is 5.32 Å². The lowest BCUT2D eigenvalue weighted by Crippen LogP contribution is -2.28. The SMILES string of the molecule is Cc1c(C(=O)NCCC(C)(C)C)cc(F)cc1S(N)(=O)=O. The molecule has 21 heavy (non-hydrogen) atoms. The minimum atomic E-state index is -4.08. The Balaban J connectivity index is 3.03. The van der Waals surface area contributed by atoms with E-state index in [0.717, 1.165) is 18.6 Å². The molecule has 1 amide bonds. The van der Waals surface area contributed by atoms with Gasteiger partial charge in [-0.1, -0.05) is 20.8 Å². The van der Waals surface area contributed by atoms with Crippen LogP contribution in [0.3, 0.4) is 0 Å². The Morgan fingerprint density at radius 2 is 1.90 bits per heavy atom. The highest BCUT2D eigenvalue weighted by molar-refractivity contribution is 7.89. The van der Waals surface area contributed by atoms with E-state index in [1.165, 1.54) is 6.92 Å². The van der Waals surface area contributed by atoms with Crippen molar-refractivity contribution in [2.75, 3.05) is 6.54 Å². The minimum absolute atomic E-state index is 0.0204. The zero-order valence-corrected chi connectivity index (χ0v) is 13.5. The molecule has 0 saturated heterocycles. The van der Waals surface area contributed by atoms with Crippen molar-refractivity contribution in [3.05, 3.63) is 29.1 Å². The molecule has 1 aromatic rings. The number of rotatable bonds is 4. The fraction of sp³-hybridized carbons (Fsp3) is 0.500. The van der Waals surface area contributed by atoms with Crippen LogP contribution in [-0.4, -0.2) is 20.9 Å². The van der Waals surface area contributed by atoms with Gasteiger partial charge in [-0.15, -0.1) is 0 Å². The van der Waals surface area contributed by atoms with E-state index in [0.29, 0.717) is 6.54 Å². The molecule has 118 valence electrons. The number of halogens is 1. The van der Waals surface area contributed by atoms with Crippen LogP contribution < -0.4 is 10.5 Å². The molecule has 0 saturated carbocycles. The molecule has 7 heteroatoms. The summed E-state index contributed by atoms with van der Waals surface area (Å²) in [4.78, 5) is 11.7. The molecule has 0 aliphatic carbocycles.